The molecule has 94 valence electrons. The van der Waals surface area contributed by atoms with Crippen LogP contribution in [0.1, 0.15) is 23.9 Å². The van der Waals surface area contributed by atoms with Gasteiger partial charge in [-0.2, -0.15) is 0 Å². The number of aryl methyl sites for hydroxylation is 2. The molecule has 2 aromatic rings. The molecule has 0 saturated heterocycles. The van der Waals surface area contributed by atoms with Gasteiger partial charge in [0.05, 0.1) is 5.69 Å². The van der Waals surface area contributed by atoms with Crippen molar-refractivity contribution < 1.29 is 0 Å². The molecular formula is C13H17N5. The molecule has 2 rings (SSSR count). The van der Waals surface area contributed by atoms with Crippen molar-refractivity contribution in [3.63, 3.8) is 0 Å². The van der Waals surface area contributed by atoms with Crippen LogP contribution in [0.5, 0.6) is 0 Å². The lowest BCUT2D eigenvalue weighted by Gasteiger charge is -2.05. The van der Waals surface area contributed by atoms with E-state index >= 15 is 0 Å². The fraction of sp³-hybridized carbons (Fsp3) is 0.385. The number of hydrogen-bond donors (Lipinski definition) is 1. The number of nitrogens with one attached hydrogen (secondary N) is 1. The topological polar surface area (TPSA) is 63.6 Å². The molecule has 0 unspecified atom stereocenters. The zero-order valence-corrected chi connectivity index (χ0v) is 10.9. The van der Waals surface area contributed by atoms with Gasteiger partial charge in [-0.05, 0) is 32.0 Å². The maximum Gasteiger partial charge on any atom is 0.198 e. The van der Waals surface area contributed by atoms with E-state index in [4.69, 9.17) is 0 Å². The van der Waals surface area contributed by atoms with Crippen molar-refractivity contribution in [1.29, 1.82) is 0 Å². The second kappa shape index (κ2) is 5.64. The zero-order chi connectivity index (χ0) is 13.0. The molecule has 0 atom stereocenters. The Kier molecular flexibility index (Phi) is 3.94. The van der Waals surface area contributed by atoms with Crippen LogP contribution in [0.15, 0.2) is 18.5 Å². The molecule has 0 bridgehead atoms. The van der Waals surface area contributed by atoms with Crippen LogP contribution in [0.25, 0.3) is 11.6 Å². The van der Waals surface area contributed by atoms with E-state index < -0.39 is 0 Å². The average Bonchev–Trinajstić information content (AvgIpc) is 2.36. The van der Waals surface area contributed by atoms with E-state index in [0.29, 0.717) is 11.6 Å². The first-order valence-corrected chi connectivity index (χ1v) is 6.03. The minimum atomic E-state index is 0.571. The van der Waals surface area contributed by atoms with Gasteiger partial charge in [0.1, 0.15) is 0 Å². The lowest BCUT2D eigenvalue weighted by Crippen LogP contribution is -2.14. The van der Waals surface area contributed by atoms with Gasteiger partial charge in [0.25, 0.3) is 0 Å². The van der Waals surface area contributed by atoms with Gasteiger partial charge in [0, 0.05) is 24.6 Å². The average molecular weight is 243 g/mol. The summed E-state index contributed by atoms with van der Waals surface area (Å²) >= 11 is 0. The van der Waals surface area contributed by atoms with Gasteiger partial charge in [-0.3, -0.25) is 0 Å². The molecule has 1 N–H and O–H groups in total. The molecule has 0 aromatic carbocycles. The minimum absolute atomic E-state index is 0.571. The highest BCUT2D eigenvalue weighted by Gasteiger charge is 2.07. The van der Waals surface area contributed by atoms with E-state index in [1.54, 1.807) is 12.4 Å². The number of aromatic nitrogens is 4. The summed E-state index contributed by atoms with van der Waals surface area (Å²) in [6, 6.07) is 1.97. The first-order valence-electron chi connectivity index (χ1n) is 6.03. The second-order valence-electron chi connectivity index (χ2n) is 4.19. The maximum atomic E-state index is 4.47. The smallest absolute Gasteiger partial charge is 0.198 e. The third-order valence-corrected chi connectivity index (χ3v) is 2.44. The predicted molar refractivity (Wildman–Crippen MR) is 69.9 cm³/mol. The summed E-state index contributed by atoms with van der Waals surface area (Å²) in [5.74, 6) is 1.16. The Hall–Kier alpha value is -1.88. The molecule has 5 nitrogen and oxygen atoms in total. The Morgan fingerprint density at radius 1 is 1.06 bits per heavy atom. The van der Waals surface area contributed by atoms with Crippen LogP contribution >= 0.6 is 0 Å². The fourth-order valence-electron chi connectivity index (χ4n) is 1.59. The molecule has 2 aromatic heterocycles. The van der Waals surface area contributed by atoms with Crippen molar-refractivity contribution in [2.45, 2.75) is 27.3 Å². The molecule has 0 aliphatic heterocycles. The maximum absolute atomic E-state index is 4.47. The van der Waals surface area contributed by atoms with Crippen molar-refractivity contribution in [1.82, 2.24) is 25.3 Å². The molecule has 0 aliphatic rings. The summed E-state index contributed by atoms with van der Waals surface area (Å²) in [5, 5.41) is 3.25. The van der Waals surface area contributed by atoms with Gasteiger partial charge in [-0.1, -0.05) is 6.92 Å². The fourth-order valence-corrected chi connectivity index (χ4v) is 1.59. The minimum Gasteiger partial charge on any atom is -0.311 e. The lowest BCUT2D eigenvalue weighted by atomic mass is 10.3. The zero-order valence-electron chi connectivity index (χ0n) is 10.9. The monoisotopic (exact) mass is 243 g/mol. The van der Waals surface area contributed by atoms with Crippen molar-refractivity contribution >= 4 is 0 Å². The van der Waals surface area contributed by atoms with E-state index in [2.05, 4.69) is 32.2 Å². The van der Waals surface area contributed by atoms with Crippen LogP contribution in [0.3, 0.4) is 0 Å². The van der Waals surface area contributed by atoms with Crippen LogP contribution < -0.4 is 5.32 Å². The highest BCUT2D eigenvalue weighted by molar-refractivity contribution is 5.43. The van der Waals surface area contributed by atoms with Crippen molar-refractivity contribution in [3.05, 3.63) is 35.4 Å². The number of nitrogens with zero attached hydrogens (tertiary/aromatic N) is 4. The van der Waals surface area contributed by atoms with E-state index in [1.165, 1.54) is 0 Å². The van der Waals surface area contributed by atoms with Crippen molar-refractivity contribution in [3.8, 4) is 11.6 Å². The van der Waals surface area contributed by atoms with Gasteiger partial charge in [-0.15, -0.1) is 0 Å². The SMILES string of the molecule is CCNCc1cc(C)nc(-c2ncc(C)cn2)n1. The van der Waals surface area contributed by atoms with E-state index in [9.17, 15) is 0 Å². The molecule has 18 heavy (non-hydrogen) atoms. The third kappa shape index (κ3) is 3.07. The Balaban J connectivity index is 2.32. The largest absolute Gasteiger partial charge is 0.311 e. The highest BCUT2D eigenvalue weighted by atomic mass is 15.0. The number of hydrogen-bond acceptors (Lipinski definition) is 5. The quantitative estimate of drug-likeness (QED) is 0.884. The number of rotatable bonds is 4. The highest BCUT2D eigenvalue weighted by Crippen LogP contribution is 2.11. The van der Waals surface area contributed by atoms with Gasteiger partial charge >= 0.3 is 0 Å². The van der Waals surface area contributed by atoms with Gasteiger partial charge in [0.2, 0.25) is 0 Å². The standard InChI is InChI=1S/C13H17N5/c1-4-14-8-11-5-10(3)17-13(18-11)12-15-6-9(2)7-16-12/h5-7,14H,4,8H2,1-3H3. The summed E-state index contributed by atoms with van der Waals surface area (Å²) in [7, 11) is 0. The van der Waals surface area contributed by atoms with Crippen LogP contribution in [0, 0.1) is 13.8 Å². The van der Waals surface area contributed by atoms with Gasteiger partial charge in [0.15, 0.2) is 11.6 Å². The molecule has 0 fully saturated rings. The summed E-state index contributed by atoms with van der Waals surface area (Å²) < 4.78 is 0. The Labute approximate surface area is 107 Å². The van der Waals surface area contributed by atoms with Crippen molar-refractivity contribution in [2.75, 3.05) is 6.54 Å². The molecule has 0 aliphatic carbocycles. The normalized spacial score (nSPS) is 10.6. The summed E-state index contributed by atoms with van der Waals surface area (Å²) in [5.41, 5.74) is 2.92. The second-order valence-corrected chi connectivity index (χ2v) is 4.19. The molecule has 5 heteroatoms. The van der Waals surface area contributed by atoms with Crippen LogP contribution in [-0.2, 0) is 6.54 Å². The molecule has 0 radical (unpaired) electrons. The summed E-state index contributed by atoms with van der Waals surface area (Å²) in [4.78, 5) is 17.4. The van der Waals surface area contributed by atoms with Crippen LogP contribution in [-0.4, -0.2) is 26.5 Å². The molecular weight excluding hydrogens is 226 g/mol. The van der Waals surface area contributed by atoms with E-state index in [-0.39, 0.29) is 0 Å². The van der Waals surface area contributed by atoms with Gasteiger partial charge in [-0.25, -0.2) is 19.9 Å². The predicted octanol–water partition coefficient (Wildman–Crippen LogP) is 1.66. The molecule has 0 spiro atoms. The molecule has 2 heterocycles. The molecule has 0 amide bonds. The lowest BCUT2D eigenvalue weighted by molar-refractivity contribution is 0.707. The Morgan fingerprint density at radius 3 is 2.44 bits per heavy atom. The first kappa shape index (κ1) is 12.6. The van der Waals surface area contributed by atoms with Gasteiger partial charge < -0.3 is 5.32 Å². The summed E-state index contributed by atoms with van der Waals surface area (Å²) in [6.07, 6.45) is 3.55. The first-order chi connectivity index (χ1) is 8.69. The van der Waals surface area contributed by atoms with Crippen LogP contribution in [0.4, 0.5) is 0 Å². The van der Waals surface area contributed by atoms with Crippen molar-refractivity contribution in [2.24, 2.45) is 0 Å². The van der Waals surface area contributed by atoms with Crippen LogP contribution in [0.2, 0.25) is 0 Å². The van der Waals surface area contributed by atoms with E-state index in [0.717, 1.165) is 30.0 Å². The Morgan fingerprint density at radius 2 is 1.78 bits per heavy atom. The Bertz CT molecular complexity index is 521. The third-order valence-electron chi connectivity index (χ3n) is 2.44. The summed E-state index contributed by atoms with van der Waals surface area (Å²) in [6.45, 7) is 7.63. The molecule has 0 saturated carbocycles. The van der Waals surface area contributed by atoms with E-state index in [1.807, 2.05) is 19.9 Å².